The molecule has 0 aromatic rings. The smallest absolute Gasteiger partial charge is 0.306 e. The lowest BCUT2D eigenvalue weighted by Crippen LogP contribution is -2.70. The fraction of sp³-hybridized carbons (Fsp3) is 0.750. The van der Waals surface area contributed by atoms with E-state index >= 15 is 4.39 Å². The molecular formula is C28H39FO5S2. The standard InChI is InChI=1S/C28H39FO5S2/c1-6-8-24(33)34-28(23(32)16-36-35-7-2)17(3)13-21-20-10-9-18-14-19(30)11-12-25(18,4)27(20,29)22(31)15-26(21,28)5/h11-12,14,17,20-22,31H,6-10,13,15-16H2,1-5H3/t17-,20-,21-,22-,25-,26-,27-,28-/m0/s1. The number of rotatable bonds is 8. The van der Waals surface area contributed by atoms with Crippen LogP contribution in [0.15, 0.2) is 23.8 Å². The summed E-state index contributed by atoms with van der Waals surface area (Å²) in [6.45, 7) is 9.58. The van der Waals surface area contributed by atoms with E-state index in [0.717, 1.165) is 11.3 Å². The highest BCUT2D eigenvalue weighted by Crippen LogP contribution is 2.71. The molecule has 4 aliphatic carbocycles. The molecule has 3 fully saturated rings. The Bertz CT molecular complexity index is 996. The largest absolute Gasteiger partial charge is 0.450 e. The normalized spacial score (nSPS) is 43.3. The van der Waals surface area contributed by atoms with Crippen LogP contribution in [0.4, 0.5) is 4.39 Å². The van der Waals surface area contributed by atoms with E-state index in [1.165, 1.54) is 22.9 Å². The van der Waals surface area contributed by atoms with Crippen LogP contribution in [0.3, 0.4) is 0 Å². The highest BCUT2D eigenvalue weighted by Gasteiger charge is 2.77. The fourth-order valence-corrected chi connectivity index (χ4v) is 9.76. The zero-order chi connectivity index (χ0) is 26.5. The van der Waals surface area contributed by atoms with Crippen molar-refractivity contribution in [2.24, 2.45) is 28.6 Å². The number of alkyl halides is 1. The number of halogens is 1. The van der Waals surface area contributed by atoms with Crippen molar-refractivity contribution >= 4 is 39.1 Å². The number of Topliss-reactive ketones (excluding diaryl/α,β-unsaturated/α-hetero) is 1. The van der Waals surface area contributed by atoms with Crippen molar-refractivity contribution in [2.45, 2.75) is 90.5 Å². The van der Waals surface area contributed by atoms with Crippen LogP contribution in [-0.4, -0.2) is 51.5 Å². The van der Waals surface area contributed by atoms with Crippen LogP contribution in [0.5, 0.6) is 0 Å². The van der Waals surface area contributed by atoms with Gasteiger partial charge >= 0.3 is 5.97 Å². The zero-order valence-corrected chi connectivity index (χ0v) is 23.6. The van der Waals surface area contributed by atoms with Crippen molar-refractivity contribution in [3.8, 4) is 0 Å². The molecule has 0 unspecified atom stereocenters. The van der Waals surface area contributed by atoms with Crippen LogP contribution in [-0.2, 0) is 19.1 Å². The van der Waals surface area contributed by atoms with Gasteiger partial charge in [0.1, 0.15) is 0 Å². The number of esters is 1. The maximum atomic E-state index is 17.4. The molecule has 0 spiro atoms. The van der Waals surface area contributed by atoms with Gasteiger partial charge in [0, 0.05) is 34.8 Å². The zero-order valence-electron chi connectivity index (χ0n) is 22.0. The average Bonchev–Trinajstić information content (AvgIpc) is 3.03. The number of allylic oxidation sites excluding steroid dienone is 4. The average molecular weight is 539 g/mol. The third-order valence-corrected chi connectivity index (χ3v) is 12.1. The van der Waals surface area contributed by atoms with Crippen LogP contribution in [0, 0.1) is 28.6 Å². The molecule has 0 radical (unpaired) electrons. The minimum Gasteiger partial charge on any atom is -0.450 e. The quantitative estimate of drug-likeness (QED) is 0.243. The molecule has 0 saturated heterocycles. The molecule has 0 heterocycles. The van der Waals surface area contributed by atoms with Gasteiger partial charge in [0.15, 0.2) is 22.8 Å². The van der Waals surface area contributed by atoms with Crippen molar-refractivity contribution in [1.29, 1.82) is 0 Å². The van der Waals surface area contributed by atoms with Gasteiger partial charge in [-0.2, -0.15) is 0 Å². The number of hydrogen-bond acceptors (Lipinski definition) is 7. The molecule has 5 nitrogen and oxygen atoms in total. The highest BCUT2D eigenvalue weighted by molar-refractivity contribution is 8.76. The van der Waals surface area contributed by atoms with Gasteiger partial charge in [-0.3, -0.25) is 14.4 Å². The van der Waals surface area contributed by atoms with Crippen molar-refractivity contribution in [2.75, 3.05) is 11.5 Å². The third-order valence-electron chi connectivity index (χ3n) is 9.72. The molecule has 4 aliphatic rings. The fourth-order valence-electron chi connectivity index (χ4n) is 8.12. The first-order valence-corrected chi connectivity index (χ1v) is 15.7. The van der Waals surface area contributed by atoms with E-state index in [4.69, 9.17) is 4.74 Å². The molecule has 1 N–H and O–H groups in total. The topological polar surface area (TPSA) is 80.7 Å². The SMILES string of the molecule is CCCC(=O)O[C@]1(C(=O)CSSCC)[C@@H](C)C[C@H]2[C@@H]3CCC4=CC(=O)C=C[C@]4(C)[C@@]3(F)[C@@H](O)C[C@@]21C. The molecular weight excluding hydrogens is 499 g/mol. The Morgan fingerprint density at radius 1 is 1.22 bits per heavy atom. The predicted octanol–water partition coefficient (Wildman–Crippen LogP) is 5.66. The lowest BCUT2D eigenvalue weighted by atomic mass is 9.44. The van der Waals surface area contributed by atoms with E-state index in [2.05, 4.69) is 0 Å². The van der Waals surface area contributed by atoms with E-state index in [9.17, 15) is 19.5 Å². The first-order chi connectivity index (χ1) is 16.9. The second-order valence-electron chi connectivity index (χ2n) is 11.5. The minimum atomic E-state index is -1.97. The number of ketones is 2. The Kier molecular flexibility index (Phi) is 7.66. The van der Waals surface area contributed by atoms with E-state index < -0.39 is 40.1 Å². The van der Waals surface area contributed by atoms with Gasteiger partial charge in [-0.15, -0.1) is 0 Å². The second-order valence-corrected chi connectivity index (χ2v) is 14.2. The highest BCUT2D eigenvalue weighted by atomic mass is 33.1. The number of fused-ring (bicyclic) bond motifs is 5. The van der Waals surface area contributed by atoms with Gasteiger partial charge in [-0.1, -0.05) is 60.9 Å². The summed E-state index contributed by atoms with van der Waals surface area (Å²) in [7, 11) is 3.04. The molecule has 0 aliphatic heterocycles. The third kappa shape index (κ3) is 3.79. The molecule has 0 aromatic heterocycles. The first-order valence-electron chi connectivity index (χ1n) is 13.2. The van der Waals surface area contributed by atoms with Crippen LogP contribution in [0.2, 0.25) is 0 Å². The monoisotopic (exact) mass is 538 g/mol. The van der Waals surface area contributed by atoms with E-state index in [0.29, 0.717) is 25.7 Å². The van der Waals surface area contributed by atoms with Crippen molar-refractivity contribution < 1.29 is 28.6 Å². The predicted molar refractivity (Wildman–Crippen MR) is 142 cm³/mol. The van der Waals surface area contributed by atoms with Crippen molar-refractivity contribution in [3.05, 3.63) is 23.8 Å². The van der Waals surface area contributed by atoms with Gasteiger partial charge in [-0.25, -0.2) is 4.39 Å². The molecule has 3 saturated carbocycles. The summed E-state index contributed by atoms with van der Waals surface area (Å²) < 4.78 is 23.6. The Morgan fingerprint density at radius 2 is 1.94 bits per heavy atom. The maximum Gasteiger partial charge on any atom is 0.306 e. The van der Waals surface area contributed by atoms with E-state index in [1.807, 2.05) is 27.7 Å². The Morgan fingerprint density at radius 3 is 2.61 bits per heavy atom. The maximum absolute atomic E-state index is 17.4. The Balaban J connectivity index is 1.79. The molecule has 0 aromatic carbocycles. The molecule has 0 bridgehead atoms. The summed E-state index contributed by atoms with van der Waals surface area (Å²) in [4.78, 5) is 39.0. The number of aliphatic hydroxyl groups excluding tert-OH is 1. The van der Waals surface area contributed by atoms with Gasteiger partial charge in [0.2, 0.25) is 0 Å². The number of ether oxygens (including phenoxy) is 1. The Hall–Kier alpha value is -1.12. The summed E-state index contributed by atoms with van der Waals surface area (Å²) in [6, 6.07) is 0. The van der Waals surface area contributed by atoms with Gasteiger partial charge in [-0.05, 0) is 57.1 Å². The van der Waals surface area contributed by atoms with E-state index in [1.54, 1.807) is 23.8 Å². The molecule has 36 heavy (non-hydrogen) atoms. The van der Waals surface area contributed by atoms with Gasteiger partial charge in [0.05, 0.1) is 11.9 Å². The number of aliphatic hydroxyl groups is 1. The van der Waals surface area contributed by atoms with Crippen LogP contribution < -0.4 is 0 Å². The molecule has 0 amide bonds. The number of hydrogen-bond donors (Lipinski definition) is 1. The molecule has 4 rings (SSSR count). The van der Waals surface area contributed by atoms with Crippen LogP contribution in [0.25, 0.3) is 0 Å². The van der Waals surface area contributed by atoms with E-state index in [-0.39, 0.29) is 42.0 Å². The Labute approximate surface area is 221 Å². The summed E-state index contributed by atoms with van der Waals surface area (Å²) in [5, 5.41) is 11.6. The van der Waals surface area contributed by atoms with Crippen LogP contribution in [0.1, 0.15) is 73.1 Å². The lowest BCUT2D eigenvalue weighted by Gasteiger charge is -2.62. The molecule has 200 valence electrons. The van der Waals surface area contributed by atoms with Crippen LogP contribution >= 0.6 is 21.6 Å². The number of carbonyl (C=O) groups is 3. The van der Waals surface area contributed by atoms with Gasteiger partial charge < -0.3 is 9.84 Å². The van der Waals surface area contributed by atoms with Crippen molar-refractivity contribution in [1.82, 2.24) is 0 Å². The summed E-state index contributed by atoms with van der Waals surface area (Å²) in [5.41, 5.74) is -4.63. The number of carbonyl (C=O) groups excluding carboxylic acids is 3. The second kappa shape index (κ2) is 9.88. The first kappa shape index (κ1) is 27.9. The summed E-state index contributed by atoms with van der Waals surface area (Å²) in [5.74, 6) is -0.709. The summed E-state index contributed by atoms with van der Waals surface area (Å²) >= 11 is 0. The minimum absolute atomic E-state index is 0.0242. The lowest BCUT2D eigenvalue weighted by molar-refractivity contribution is -0.227. The van der Waals surface area contributed by atoms with Crippen molar-refractivity contribution in [3.63, 3.8) is 0 Å². The van der Waals surface area contributed by atoms with Gasteiger partial charge in [0.25, 0.3) is 0 Å². The molecule has 8 heteroatoms. The molecule has 8 atom stereocenters. The summed E-state index contributed by atoms with van der Waals surface area (Å²) in [6.07, 6.45) is 5.65.